The van der Waals surface area contributed by atoms with E-state index in [4.69, 9.17) is 4.74 Å². The molecule has 0 amide bonds. The summed E-state index contributed by atoms with van der Waals surface area (Å²) in [7, 11) is 0. The highest BCUT2D eigenvalue weighted by Crippen LogP contribution is 2.37. The summed E-state index contributed by atoms with van der Waals surface area (Å²) in [5.74, 6) is -0.764. The van der Waals surface area contributed by atoms with Gasteiger partial charge in [0.05, 0.1) is 4.92 Å². The second kappa shape index (κ2) is 11.0. The Morgan fingerprint density at radius 2 is 2.03 bits per heavy atom. The lowest BCUT2D eigenvalue weighted by Crippen LogP contribution is -2.33. The minimum atomic E-state index is -4.72. The van der Waals surface area contributed by atoms with E-state index >= 15 is 0 Å². The first-order chi connectivity index (χ1) is 16.2. The summed E-state index contributed by atoms with van der Waals surface area (Å²) in [5, 5.41) is 17.7. The van der Waals surface area contributed by atoms with Crippen molar-refractivity contribution in [1.82, 2.24) is 15.3 Å². The summed E-state index contributed by atoms with van der Waals surface area (Å²) in [6, 6.07) is 4.54. The second-order valence-corrected chi connectivity index (χ2v) is 7.48. The van der Waals surface area contributed by atoms with E-state index < -0.39 is 35.0 Å². The fourth-order valence-electron chi connectivity index (χ4n) is 3.59. The number of nitrogens with one attached hydrogen (secondary N) is 2. The van der Waals surface area contributed by atoms with Crippen LogP contribution in [0.1, 0.15) is 31.1 Å². The Morgan fingerprint density at radius 3 is 2.68 bits per heavy atom. The van der Waals surface area contributed by atoms with Gasteiger partial charge >= 0.3 is 18.2 Å². The number of rotatable bonds is 11. The smallest absolute Gasteiger partial charge is 0.458 e. The Hall–Kier alpha value is -3.55. The van der Waals surface area contributed by atoms with E-state index in [9.17, 15) is 32.5 Å². The first-order valence-corrected chi connectivity index (χ1v) is 10.2. The SMILES string of the molecule is O=COC(CC1CCNCC1)c1ncnc(Nc2cccc(OC(F)(F)C(F)F)c2)c1[N+](=O)[O-]. The average Bonchev–Trinajstić information content (AvgIpc) is 2.79. The van der Waals surface area contributed by atoms with Gasteiger partial charge in [-0.3, -0.25) is 14.9 Å². The van der Waals surface area contributed by atoms with Crippen molar-refractivity contribution in [2.75, 3.05) is 18.4 Å². The van der Waals surface area contributed by atoms with E-state index in [1.165, 1.54) is 12.1 Å². The van der Waals surface area contributed by atoms with Crippen LogP contribution in [0.2, 0.25) is 0 Å². The highest BCUT2D eigenvalue weighted by molar-refractivity contribution is 5.68. The van der Waals surface area contributed by atoms with Crippen LogP contribution in [0.4, 0.5) is 34.8 Å². The van der Waals surface area contributed by atoms with Crippen LogP contribution >= 0.6 is 0 Å². The molecule has 0 saturated carbocycles. The Bertz CT molecular complexity index is 1010. The molecule has 0 radical (unpaired) electrons. The maximum Gasteiger partial charge on any atom is 0.461 e. The number of hydrogen-bond donors (Lipinski definition) is 2. The van der Waals surface area contributed by atoms with Gasteiger partial charge in [0.1, 0.15) is 12.1 Å². The van der Waals surface area contributed by atoms with Gasteiger partial charge in [0.15, 0.2) is 11.8 Å². The first-order valence-electron chi connectivity index (χ1n) is 10.2. The van der Waals surface area contributed by atoms with E-state index in [0.29, 0.717) is 6.42 Å². The monoisotopic (exact) mass is 487 g/mol. The van der Waals surface area contributed by atoms with E-state index in [1.54, 1.807) is 0 Å². The number of nitro groups is 1. The lowest BCUT2D eigenvalue weighted by Gasteiger charge is -2.26. The molecule has 2 aromatic rings. The number of carbonyl (C=O) groups is 1. The molecule has 1 fully saturated rings. The number of ether oxygens (including phenoxy) is 2. The van der Waals surface area contributed by atoms with Gasteiger partial charge in [0, 0.05) is 11.8 Å². The predicted molar refractivity (Wildman–Crippen MR) is 110 cm³/mol. The second-order valence-electron chi connectivity index (χ2n) is 7.48. The minimum Gasteiger partial charge on any atom is -0.458 e. The van der Waals surface area contributed by atoms with E-state index in [1.807, 2.05) is 0 Å². The van der Waals surface area contributed by atoms with Gasteiger partial charge in [-0.15, -0.1) is 0 Å². The number of anilines is 2. The zero-order valence-electron chi connectivity index (χ0n) is 17.6. The molecule has 1 aromatic carbocycles. The van der Waals surface area contributed by atoms with Crippen molar-refractivity contribution >= 4 is 23.7 Å². The van der Waals surface area contributed by atoms with Crippen LogP contribution < -0.4 is 15.4 Å². The summed E-state index contributed by atoms with van der Waals surface area (Å²) >= 11 is 0. The maximum absolute atomic E-state index is 13.2. The maximum atomic E-state index is 13.2. The standard InChI is InChI=1S/C20H21F4N5O5/c21-19(22)20(23,24)34-14-3-1-2-13(9-14)28-18-17(29(31)32)16(26-10-27-18)15(33-11-30)8-12-4-6-25-7-5-12/h1-3,9-12,15,19,25H,4-8H2,(H,26,27,28). The molecule has 2 heterocycles. The number of nitrogens with zero attached hydrogens (tertiary/aromatic N) is 3. The van der Waals surface area contributed by atoms with E-state index in [-0.39, 0.29) is 29.6 Å². The molecule has 184 valence electrons. The Labute approximate surface area is 190 Å². The molecule has 0 aliphatic carbocycles. The van der Waals surface area contributed by atoms with Crippen molar-refractivity contribution in [3.63, 3.8) is 0 Å². The lowest BCUT2D eigenvalue weighted by atomic mass is 9.90. The zero-order chi connectivity index (χ0) is 24.7. The van der Waals surface area contributed by atoms with Gasteiger partial charge in [-0.05, 0) is 50.4 Å². The third-order valence-corrected chi connectivity index (χ3v) is 5.17. The molecule has 0 spiro atoms. The Kier molecular flexibility index (Phi) is 8.15. The average molecular weight is 487 g/mol. The van der Waals surface area contributed by atoms with Crippen LogP contribution in [0, 0.1) is 16.0 Å². The van der Waals surface area contributed by atoms with Crippen molar-refractivity contribution in [2.24, 2.45) is 5.92 Å². The molecule has 34 heavy (non-hydrogen) atoms. The first kappa shape index (κ1) is 25.1. The highest BCUT2D eigenvalue weighted by atomic mass is 19.3. The summed E-state index contributed by atoms with van der Waals surface area (Å²) in [6.45, 7) is 1.72. The van der Waals surface area contributed by atoms with Crippen LogP contribution in [0.25, 0.3) is 0 Å². The number of hydrogen-bond acceptors (Lipinski definition) is 9. The molecule has 1 unspecified atom stereocenters. The van der Waals surface area contributed by atoms with Crippen molar-refractivity contribution < 1.29 is 36.8 Å². The Morgan fingerprint density at radius 1 is 1.29 bits per heavy atom. The molecule has 0 bridgehead atoms. The fraction of sp³-hybridized carbons (Fsp3) is 0.450. The molecule has 1 saturated heterocycles. The topological polar surface area (TPSA) is 129 Å². The molecule has 1 aromatic heterocycles. The minimum absolute atomic E-state index is 0.00141. The predicted octanol–water partition coefficient (Wildman–Crippen LogP) is 3.97. The molecule has 14 heteroatoms. The van der Waals surface area contributed by atoms with E-state index in [2.05, 4.69) is 25.3 Å². The fourth-order valence-corrected chi connectivity index (χ4v) is 3.59. The Balaban J connectivity index is 1.89. The lowest BCUT2D eigenvalue weighted by molar-refractivity contribution is -0.385. The number of alkyl halides is 4. The largest absolute Gasteiger partial charge is 0.461 e. The molecule has 1 aliphatic rings. The molecular formula is C20H21F4N5O5. The van der Waals surface area contributed by atoms with Gasteiger partial charge in [0.2, 0.25) is 5.82 Å². The third kappa shape index (κ3) is 6.27. The van der Waals surface area contributed by atoms with Gasteiger partial charge in [-0.1, -0.05) is 6.07 Å². The number of benzene rings is 1. The van der Waals surface area contributed by atoms with Crippen molar-refractivity contribution in [2.45, 2.75) is 37.9 Å². The van der Waals surface area contributed by atoms with Crippen molar-refractivity contribution in [3.8, 4) is 5.75 Å². The van der Waals surface area contributed by atoms with Crippen LogP contribution in [-0.4, -0.2) is 47.0 Å². The number of aromatic nitrogens is 2. The molecule has 1 atom stereocenters. The van der Waals surface area contributed by atoms with Crippen LogP contribution in [0.3, 0.4) is 0 Å². The van der Waals surface area contributed by atoms with Gasteiger partial charge in [0.25, 0.3) is 6.47 Å². The highest BCUT2D eigenvalue weighted by Gasteiger charge is 2.44. The van der Waals surface area contributed by atoms with Crippen LogP contribution in [0.15, 0.2) is 30.6 Å². The molecular weight excluding hydrogens is 466 g/mol. The van der Waals surface area contributed by atoms with Gasteiger partial charge < -0.3 is 20.1 Å². The zero-order valence-corrected chi connectivity index (χ0v) is 17.6. The number of piperidine rings is 1. The van der Waals surface area contributed by atoms with Crippen molar-refractivity contribution in [1.29, 1.82) is 0 Å². The summed E-state index contributed by atoms with van der Waals surface area (Å²) in [6.07, 6.45) is -6.87. The summed E-state index contributed by atoms with van der Waals surface area (Å²) in [4.78, 5) is 30.0. The molecule has 3 rings (SSSR count). The van der Waals surface area contributed by atoms with Crippen LogP contribution in [0.5, 0.6) is 5.75 Å². The van der Waals surface area contributed by atoms with Crippen molar-refractivity contribution in [3.05, 3.63) is 46.4 Å². The number of carbonyl (C=O) groups excluding carboxylic acids is 1. The van der Waals surface area contributed by atoms with Gasteiger partial charge in [-0.25, -0.2) is 9.97 Å². The van der Waals surface area contributed by atoms with Gasteiger partial charge in [-0.2, -0.15) is 17.6 Å². The summed E-state index contributed by atoms with van der Waals surface area (Å²) < 4.78 is 60.4. The molecule has 2 N–H and O–H groups in total. The number of halogens is 4. The third-order valence-electron chi connectivity index (χ3n) is 5.17. The normalized spacial score (nSPS) is 15.6. The molecule has 10 nitrogen and oxygen atoms in total. The molecule has 1 aliphatic heterocycles. The van der Waals surface area contributed by atoms with Crippen LogP contribution in [-0.2, 0) is 9.53 Å². The quantitative estimate of drug-likeness (QED) is 0.209. The van der Waals surface area contributed by atoms with E-state index in [0.717, 1.165) is 44.4 Å². The summed E-state index contributed by atoms with van der Waals surface area (Å²) in [5.41, 5.74) is -0.709.